The summed E-state index contributed by atoms with van der Waals surface area (Å²) in [6, 6.07) is 12.0. The van der Waals surface area contributed by atoms with E-state index in [9.17, 15) is 4.39 Å². The number of halogens is 1. The molecule has 1 unspecified atom stereocenters. The fraction of sp³-hybridized carbons (Fsp3) is 0.238. The molecule has 0 saturated carbocycles. The van der Waals surface area contributed by atoms with Crippen LogP contribution in [-0.4, -0.2) is 34.2 Å². The summed E-state index contributed by atoms with van der Waals surface area (Å²) in [6.07, 6.45) is 0. The topological polar surface area (TPSA) is 80.0 Å². The van der Waals surface area contributed by atoms with Gasteiger partial charge in [-0.3, -0.25) is 0 Å². The van der Waals surface area contributed by atoms with Gasteiger partial charge in [-0.2, -0.15) is 9.97 Å². The van der Waals surface area contributed by atoms with Gasteiger partial charge in [-0.1, -0.05) is 29.4 Å². The van der Waals surface area contributed by atoms with Gasteiger partial charge in [-0.25, -0.2) is 9.37 Å². The molecule has 8 heteroatoms. The minimum atomic E-state index is -0.279. The van der Waals surface area contributed by atoms with Gasteiger partial charge >= 0.3 is 0 Å². The van der Waals surface area contributed by atoms with E-state index in [1.54, 1.807) is 19.1 Å². The first kappa shape index (κ1) is 18.8. The Morgan fingerprint density at radius 1 is 1.03 bits per heavy atom. The van der Waals surface area contributed by atoms with E-state index < -0.39 is 0 Å². The summed E-state index contributed by atoms with van der Waals surface area (Å²) in [5.74, 6) is 1.98. The number of aromatic nitrogens is 4. The minimum absolute atomic E-state index is 0.259. The maximum Gasteiger partial charge on any atom is 0.248 e. The Kier molecular flexibility index (Phi) is 4.84. The SMILES string of the molecule is Cc1noc(C(C)Nc2nc(N(C)C)nc3cccc(-c4ccc(F)cc4)c23)n1. The average molecular weight is 392 g/mol. The summed E-state index contributed by atoms with van der Waals surface area (Å²) in [5.41, 5.74) is 2.56. The Hall–Kier alpha value is -3.55. The maximum absolute atomic E-state index is 13.4. The highest BCUT2D eigenvalue weighted by atomic mass is 19.1. The van der Waals surface area contributed by atoms with E-state index in [1.807, 2.05) is 44.1 Å². The van der Waals surface area contributed by atoms with Crippen molar-refractivity contribution >= 4 is 22.7 Å². The molecule has 0 aliphatic carbocycles. The third kappa shape index (κ3) is 3.73. The number of anilines is 2. The van der Waals surface area contributed by atoms with Crippen LogP contribution >= 0.6 is 0 Å². The van der Waals surface area contributed by atoms with Crippen molar-refractivity contribution in [3.63, 3.8) is 0 Å². The lowest BCUT2D eigenvalue weighted by molar-refractivity contribution is 0.364. The number of aryl methyl sites for hydroxylation is 1. The Labute approximate surface area is 167 Å². The normalized spacial score (nSPS) is 12.2. The minimum Gasteiger partial charge on any atom is -0.358 e. The summed E-state index contributed by atoms with van der Waals surface area (Å²) < 4.78 is 18.7. The van der Waals surface area contributed by atoms with Gasteiger partial charge in [0.1, 0.15) is 17.7 Å². The second kappa shape index (κ2) is 7.46. The Bertz CT molecular complexity index is 1160. The number of rotatable bonds is 5. The van der Waals surface area contributed by atoms with Crippen LogP contribution in [0.25, 0.3) is 22.0 Å². The first-order valence-electron chi connectivity index (χ1n) is 9.23. The number of hydrogen-bond acceptors (Lipinski definition) is 7. The number of nitrogens with one attached hydrogen (secondary N) is 1. The van der Waals surface area contributed by atoms with Crippen molar-refractivity contribution in [2.75, 3.05) is 24.3 Å². The number of nitrogens with zero attached hydrogens (tertiary/aromatic N) is 5. The summed E-state index contributed by atoms with van der Waals surface area (Å²) in [6.45, 7) is 3.70. The van der Waals surface area contributed by atoms with E-state index in [0.29, 0.717) is 23.5 Å². The van der Waals surface area contributed by atoms with E-state index >= 15 is 0 Å². The first-order chi connectivity index (χ1) is 13.9. The van der Waals surface area contributed by atoms with E-state index in [-0.39, 0.29) is 11.9 Å². The van der Waals surface area contributed by atoms with Crippen molar-refractivity contribution in [3.8, 4) is 11.1 Å². The molecule has 2 aromatic carbocycles. The van der Waals surface area contributed by atoms with Crippen LogP contribution in [0, 0.1) is 12.7 Å². The van der Waals surface area contributed by atoms with Crippen molar-refractivity contribution in [1.29, 1.82) is 0 Å². The molecule has 4 rings (SSSR count). The molecule has 0 bridgehead atoms. The van der Waals surface area contributed by atoms with Gasteiger partial charge in [-0.15, -0.1) is 0 Å². The molecule has 0 amide bonds. The second-order valence-electron chi connectivity index (χ2n) is 7.02. The molecule has 0 saturated heterocycles. The predicted molar refractivity (Wildman–Crippen MR) is 110 cm³/mol. The molecule has 0 fully saturated rings. The quantitative estimate of drug-likeness (QED) is 0.540. The van der Waals surface area contributed by atoms with Crippen LogP contribution in [0.1, 0.15) is 24.7 Å². The molecule has 2 heterocycles. The Balaban J connectivity index is 1.88. The average Bonchev–Trinajstić information content (AvgIpc) is 3.14. The highest BCUT2D eigenvalue weighted by molar-refractivity contribution is 6.02. The van der Waals surface area contributed by atoms with Crippen molar-refractivity contribution in [2.45, 2.75) is 19.9 Å². The van der Waals surface area contributed by atoms with Gasteiger partial charge in [-0.05, 0) is 43.2 Å². The fourth-order valence-corrected chi connectivity index (χ4v) is 3.10. The molecular weight excluding hydrogens is 371 g/mol. The van der Waals surface area contributed by atoms with E-state index in [4.69, 9.17) is 9.51 Å². The van der Waals surface area contributed by atoms with E-state index in [2.05, 4.69) is 20.4 Å². The van der Waals surface area contributed by atoms with Gasteiger partial charge in [0.15, 0.2) is 5.82 Å². The molecule has 0 aliphatic rings. The third-order valence-corrected chi connectivity index (χ3v) is 4.53. The number of hydrogen-bond donors (Lipinski definition) is 1. The molecule has 0 radical (unpaired) electrons. The van der Waals surface area contributed by atoms with Crippen molar-refractivity contribution < 1.29 is 8.91 Å². The highest BCUT2D eigenvalue weighted by Crippen LogP contribution is 2.34. The van der Waals surface area contributed by atoms with Gasteiger partial charge in [0, 0.05) is 14.1 Å². The molecule has 4 aromatic rings. The van der Waals surface area contributed by atoms with Crippen LogP contribution in [0.15, 0.2) is 47.0 Å². The van der Waals surface area contributed by atoms with Crippen LogP contribution in [0.4, 0.5) is 16.2 Å². The summed E-state index contributed by atoms with van der Waals surface area (Å²) in [4.78, 5) is 15.5. The van der Waals surface area contributed by atoms with Crippen molar-refractivity contribution in [3.05, 3.63) is 60.0 Å². The molecule has 1 N–H and O–H groups in total. The standard InChI is InChI=1S/C21H21FN6O/c1-12(20-24-13(2)27-29-20)23-19-18-16(14-8-10-15(22)11-9-14)6-5-7-17(18)25-21(26-19)28(3)4/h5-12H,1-4H3,(H,23,25,26). The monoisotopic (exact) mass is 392 g/mol. The predicted octanol–water partition coefficient (Wildman–Crippen LogP) is 4.37. The maximum atomic E-state index is 13.4. The van der Waals surface area contributed by atoms with Crippen LogP contribution in [0.5, 0.6) is 0 Å². The third-order valence-electron chi connectivity index (χ3n) is 4.53. The zero-order valence-electron chi connectivity index (χ0n) is 16.6. The smallest absolute Gasteiger partial charge is 0.248 e. The summed E-state index contributed by atoms with van der Waals surface area (Å²) in [7, 11) is 3.78. The number of fused-ring (bicyclic) bond motifs is 1. The molecule has 7 nitrogen and oxygen atoms in total. The molecule has 0 aliphatic heterocycles. The zero-order chi connectivity index (χ0) is 20.5. The lowest BCUT2D eigenvalue weighted by Gasteiger charge is -2.18. The van der Waals surface area contributed by atoms with Gasteiger partial charge in [0.05, 0.1) is 10.9 Å². The van der Waals surface area contributed by atoms with Crippen LogP contribution in [-0.2, 0) is 0 Å². The molecular formula is C21H21FN6O. The van der Waals surface area contributed by atoms with Crippen molar-refractivity contribution in [1.82, 2.24) is 20.1 Å². The van der Waals surface area contributed by atoms with Gasteiger partial charge in [0.2, 0.25) is 11.8 Å². The van der Waals surface area contributed by atoms with E-state index in [1.165, 1.54) is 12.1 Å². The Morgan fingerprint density at radius 3 is 2.45 bits per heavy atom. The molecule has 1 atom stereocenters. The lowest BCUT2D eigenvalue weighted by atomic mass is 10.0. The second-order valence-corrected chi connectivity index (χ2v) is 7.02. The molecule has 0 spiro atoms. The van der Waals surface area contributed by atoms with Crippen LogP contribution < -0.4 is 10.2 Å². The molecule has 29 heavy (non-hydrogen) atoms. The largest absolute Gasteiger partial charge is 0.358 e. The van der Waals surface area contributed by atoms with Crippen LogP contribution in [0.2, 0.25) is 0 Å². The lowest BCUT2D eigenvalue weighted by Crippen LogP contribution is -2.16. The first-order valence-corrected chi connectivity index (χ1v) is 9.23. The fourth-order valence-electron chi connectivity index (χ4n) is 3.10. The van der Waals surface area contributed by atoms with Gasteiger partial charge < -0.3 is 14.7 Å². The molecule has 148 valence electrons. The van der Waals surface area contributed by atoms with Gasteiger partial charge in [0.25, 0.3) is 0 Å². The summed E-state index contributed by atoms with van der Waals surface area (Å²) >= 11 is 0. The highest BCUT2D eigenvalue weighted by Gasteiger charge is 2.19. The van der Waals surface area contributed by atoms with E-state index in [0.717, 1.165) is 22.0 Å². The van der Waals surface area contributed by atoms with Crippen LogP contribution in [0.3, 0.4) is 0 Å². The van der Waals surface area contributed by atoms with Crippen molar-refractivity contribution in [2.24, 2.45) is 0 Å². The zero-order valence-corrected chi connectivity index (χ0v) is 16.6. The number of benzene rings is 2. The summed E-state index contributed by atoms with van der Waals surface area (Å²) in [5, 5.41) is 8.08. The molecule has 2 aromatic heterocycles. The Morgan fingerprint density at radius 2 is 1.79 bits per heavy atom.